The molecule has 2 rings (SSSR count). The predicted octanol–water partition coefficient (Wildman–Crippen LogP) is 2.34. The molecule has 0 spiro atoms. The van der Waals surface area contributed by atoms with Gasteiger partial charge >= 0.3 is 0 Å². The first kappa shape index (κ1) is 9.06. The van der Waals surface area contributed by atoms with Gasteiger partial charge in [0.2, 0.25) is 5.13 Å². The SMILES string of the molecule is N#Cc1sc(Nn2cccc2)nc1Cl. The molecule has 0 aliphatic rings. The normalized spacial score (nSPS) is 9.71. The molecular formula is C8H5ClN4S. The lowest BCUT2D eigenvalue weighted by Crippen LogP contribution is -2.04. The van der Waals surface area contributed by atoms with E-state index in [1.807, 2.05) is 30.6 Å². The van der Waals surface area contributed by atoms with Crippen LogP contribution in [-0.2, 0) is 0 Å². The zero-order valence-electron chi connectivity index (χ0n) is 6.94. The summed E-state index contributed by atoms with van der Waals surface area (Å²) in [5.74, 6) is 0. The van der Waals surface area contributed by atoms with Gasteiger partial charge in [0, 0.05) is 12.4 Å². The number of thiazole rings is 1. The fourth-order valence-electron chi connectivity index (χ4n) is 0.938. The van der Waals surface area contributed by atoms with E-state index in [4.69, 9.17) is 16.9 Å². The highest BCUT2D eigenvalue weighted by molar-refractivity contribution is 7.16. The van der Waals surface area contributed by atoms with Crippen molar-refractivity contribution in [3.05, 3.63) is 34.6 Å². The molecule has 2 aromatic heterocycles. The fraction of sp³-hybridized carbons (Fsp3) is 0. The molecule has 0 bridgehead atoms. The average molecular weight is 225 g/mol. The summed E-state index contributed by atoms with van der Waals surface area (Å²) in [4.78, 5) is 4.40. The Kier molecular flexibility index (Phi) is 2.39. The number of nitrogens with one attached hydrogen (secondary N) is 1. The Morgan fingerprint density at radius 2 is 2.21 bits per heavy atom. The van der Waals surface area contributed by atoms with Crippen LogP contribution in [-0.4, -0.2) is 9.66 Å². The molecule has 4 nitrogen and oxygen atoms in total. The zero-order valence-corrected chi connectivity index (χ0v) is 8.51. The Labute approximate surface area is 89.3 Å². The van der Waals surface area contributed by atoms with Crippen LogP contribution in [0, 0.1) is 11.3 Å². The molecule has 0 aliphatic heterocycles. The lowest BCUT2D eigenvalue weighted by Gasteiger charge is -2.00. The monoisotopic (exact) mass is 224 g/mol. The third-order valence-electron chi connectivity index (χ3n) is 1.52. The van der Waals surface area contributed by atoms with Crippen LogP contribution < -0.4 is 5.43 Å². The molecule has 70 valence electrons. The molecule has 0 aromatic carbocycles. The first-order chi connectivity index (χ1) is 6.79. The summed E-state index contributed by atoms with van der Waals surface area (Å²) in [6.45, 7) is 0. The van der Waals surface area contributed by atoms with Gasteiger partial charge < -0.3 is 0 Å². The third-order valence-corrected chi connectivity index (χ3v) is 2.77. The van der Waals surface area contributed by atoms with Crippen molar-refractivity contribution in [3.63, 3.8) is 0 Å². The second kappa shape index (κ2) is 3.70. The van der Waals surface area contributed by atoms with E-state index in [9.17, 15) is 0 Å². The Hall–Kier alpha value is -1.51. The average Bonchev–Trinajstić information content (AvgIpc) is 2.76. The van der Waals surface area contributed by atoms with Gasteiger partial charge in [0.05, 0.1) is 0 Å². The third kappa shape index (κ3) is 1.71. The van der Waals surface area contributed by atoms with E-state index in [2.05, 4.69) is 10.4 Å². The number of nitriles is 1. The second-order valence-corrected chi connectivity index (χ2v) is 3.81. The molecule has 0 aliphatic carbocycles. The van der Waals surface area contributed by atoms with E-state index in [0.717, 1.165) is 0 Å². The highest BCUT2D eigenvalue weighted by Crippen LogP contribution is 2.25. The molecule has 1 N–H and O–H groups in total. The molecule has 0 atom stereocenters. The van der Waals surface area contributed by atoms with Crippen molar-refractivity contribution in [2.24, 2.45) is 0 Å². The van der Waals surface area contributed by atoms with Gasteiger partial charge in [0.25, 0.3) is 0 Å². The van der Waals surface area contributed by atoms with Crippen LogP contribution in [0.3, 0.4) is 0 Å². The summed E-state index contributed by atoms with van der Waals surface area (Å²) < 4.78 is 1.73. The minimum Gasteiger partial charge on any atom is -0.269 e. The summed E-state index contributed by atoms with van der Waals surface area (Å²) in [5.41, 5.74) is 2.97. The number of rotatable bonds is 2. The summed E-state index contributed by atoms with van der Waals surface area (Å²) in [7, 11) is 0. The summed E-state index contributed by atoms with van der Waals surface area (Å²) >= 11 is 6.93. The minimum atomic E-state index is 0.243. The molecule has 0 unspecified atom stereocenters. The summed E-state index contributed by atoms with van der Waals surface area (Å²) in [6.07, 6.45) is 3.67. The highest BCUT2D eigenvalue weighted by Gasteiger charge is 2.07. The van der Waals surface area contributed by atoms with Crippen molar-refractivity contribution < 1.29 is 0 Å². The second-order valence-electron chi connectivity index (χ2n) is 2.45. The van der Waals surface area contributed by atoms with Crippen molar-refractivity contribution in [3.8, 4) is 6.07 Å². The summed E-state index contributed by atoms with van der Waals surface area (Å²) in [5, 5.41) is 9.50. The number of hydrogen-bond donors (Lipinski definition) is 1. The van der Waals surface area contributed by atoms with Crippen LogP contribution in [0.5, 0.6) is 0 Å². The van der Waals surface area contributed by atoms with Crippen molar-refractivity contribution in [1.82, 2.24) is 9.66 Å². The number of nitrogens with zero attached hydrogens (tertiary/aromatic N) is 3. The number of anilines is 1. The van der Waals surface area contributed by atoms with E-state index < -0.39 is 0 Å². The van der Waals surface area contributed by atoms with Gasteiger partial charge in [-0.2, -0.15) is 5.26 Å². The maximum absolute atomic E-state index is 8.66. The van der Waals surface area contributed by atoms with Crippen molar-refractivity contribution in [2.75, 3.05) is 5.43 Å². The maximum atomic E-state index is 8.66. The van der Waals surface area contributed by atoms with E-state index in [-0.39, 0.29) is 5.15 Å². The Balaban J connectivity index is 2.23. The number of aromatic nitrogens is 2. The zero-order chi connectivity index (χ0) is 9.97. The lowest BCUT2D eigenvalue weighted by atomic mass is 10.6. The van der Waals surface area contributed by atoms with Crippen LogP contribution in [0.25, 0.3) is 0 Å². The molecule has 2 heterocycles. The van der Waals surface area contributed by atoms with Gasteiger partial charge in [-0.25, -0.2) is 4.98 Å². The van der Waals surface area contributed by atoms with E-state index in [1.54, 1.807) is 4.68 Å². The van der Waals surface area contributed by atoms with Crippen molar-refractivity contribution >= 4 is 28.1 Å². The van der Waals surface area contributed by atoms with Crippen LogP contribution >= 0.6 is 22.9 Å². The molecule has 0 fully saturated rings. The van der Waals surface area contributed by atoms with Crippen LogP contribution in [0.1, 0.15) is 4.88 Å². The van der Waals surface area contributed by atoms with Crippen molar-refractivity contribution in [1.29, 1.82) is 5.26 Å². The van der Waals surface area contributed by atoms with Gasteiger partial charge in [0.1, 0.15) is 10.9 Å². The standard InChI is InChI=1S/C8H5ClN4S/c9-7-6(5-10)14-8(11-7)12-13-3-1-2-4-13/h1-4H,(H,11,12). The Bertz CT molecular complexity index is 468. The van der Waals surface area contributed by atoms with Crippen molar-refractivity contribution in [2.45, 2.75) is 0 Å². The quantitative estimate of drug-likeness (QED) is 0.852. The molecule has 0 amide bonds. The number of halogens is 1. The molecule has 0 radical (unpaired) electrons. The van der Waals surface area contributed by atoms with Gasteiger partial charge in [-0.3, -0.25) is 10.1 Å². The molecule has 0 saturated carbocycles. The molecule has 6 heteroatoms. The van der Waals surface area contributed by atoms with Crippen LogP contribution in [0.2, 0.25) is 5.15 Å². The van der Waals surface area contributed by atoms with Crippen LogP contribution in [0.4, 0.5) is 5.13 Å². The summed E-state index contributed by atoms with van der Waals surface area (Å²) in [6, 6.07) is 5.73. The predicted molar refractivity (Wildman–Crippen MR) is 55.3 cm³/mol. The molecule has 0 saturated heterocycles. The van der Waals surface area contributed by atoms with Gasteiger partial charge in [0.15, 0.2) is 5.15 Å². The minimum absolute atomic E-state index is 0.243. The van der Waals surface area contributed by atoms with Gasteiger partial charge in [-0.05, 0) is 12.1 Å². The molecular weight excluding hydrogens is 220 g/mol. The van der Waals surface area contributed by atoms with Gasteiger partial charge in [-0.15, -0.1) is 0 Å². The maximum Gasteiger partial charge on any atom is 0.204 e. The molecule has 14 heavy (non-hydrogen) atoms. The highest BCUT2D eigenvalue weighted by atomic mass is 35.5. The van der Waals surface area contributed by atoms with E-state index in [1.165, 1.54) is 11.3 Å². The Morgan fingerprint density at radius 1 is 1.50 bits per heavy atom. The number of hydrogen-bond acceptors (Lipinski definition) is 4. The van der Waals surface area contributed by atoms with Gasteiger partial charge in [-0.1, -0.05) is 22.9 Å². The lowest BCUT2D eigenvalue weighted by molar-refractivity contribution is 0.965. The van der Waals surface area contributed by atoms with E-state index >= 15 is 0 Å². The smallest absolute Gasteiger partial charge is 0.204 e. The topological polar surface area (TPSA) is 53.6 Å². The first-order valence-electron chi connectivity index (χ1n) is 3.76. The van der Waals surface area contributed by atoms with E-state index in [0.29, 0.717) is 10.0 Å². The Morgan fingerprint density at radius 3 is 2.79 bits per heavy atom. The largest absolute Gasteiger partial charge is 0.269 e. The first-order valence-corrected chi connectivity index (χ1v) is 4.95. The molecule has 2 aromatic rings. The van der Waals surface area contributed by atoms with Crippen LogP contribution in [0.15, 0.2) is 24.5 Å². The fourth-order valence-corrected chi connectivity index (χ4v) is 1.89.